The van der Waals surface area contributed by atoms with Gasteiger partial charge in [0.15, 0.2) is 0 Å². The van der Waals surface area contributed by atoms with Crippen LogP contribution in [-0.4, -0.2) is 19.6 Å². The van der Waals surface area contributed by atoms with Crippen molar-refractivity contribution in [2.24, 2.45) is 0 Å². The van der Waals surface area contributed by atoms with Crippen LogP contribution >= 0.6 is 0 Å². The molecule has 6 aromatic carbocycles. The van der Waals surface area contributed by atoms with Crippen molar-refractivity contribution < 1.29 is 30.3 Å². The summed E-state index contributed by atoms with van der Waals surface area (Å²) in [5, 5.41) is 12.3. The zero-order valence-corrected chi connectivity index (χ0v) is 39.7. The number of rotatable bonds is 8. The Kier molecular flexibility index (Phi) is 11.3. The first-order valence-electron chi connectivity index (χ1n) is 22.9. The van der Waals surface area contributed by atoms with E-state index in [9.17, 15) is 5.11 Å². The first kappa shape index (κ1) is 40.5. The first-order valence-corrected chi connectivity index (χ1v) is 21.4. The Morgan fingerprint density at radius 3 is 1.97 bits per heavy atom. The number of benzene rings is 6. The molecule has 0 fully saturated rings. The van der Waals surface area contributed by atoms with Gasteiger partial charge in [0.1, 0.15) is 11.6 Å². The molecule has 318 valence electrons. The molecule has 5 heteroatoms. The van der Waals surface area contributed by atoms with Crippen LogP contribution in [0.3, 0.4) is 0 Å². The van der Waals surface area contributed by atoms with Crippen molar-refractivity contribution in [2.45, 2.75) is 98.8 Å². The van der Waals surface area contributed by atoms with Crippen LogP contribution in [-0.2, 0) is 31.9 Å². The van der Waals surface area contributed by atoms with Crippen LogP contribution in [0.25, 0.3) is 72.7 Å². The molecule has 0 saturated carbocycles. The molecule has 0 bridgehead atoms. The fourth-order valence-corrected chi connectivity index (χ4v) is 8.06. The van der Waals surface area contributed by atoms with E-state index >= 15 is 0 Å². The molecule has 8 rings (SSSR count). The number of imidazole rings is 1. The van der Waals surface area contributed by atoms with Gasteiger partial charge in [0.25, 0.3) is 0 Å². The van der Waals surface area contributed by atoms with Gasteiger partial charge in [-0.15, -0.1) is 29.3 Å². The summed E-state index contributed by atoms with van der Waals surface area (Å²) >= 11 is 0. The van der Waals surface area contributed by atoms with Crippen LogP contribution in [0.4, 0.5) is 0 Å². The van der Waals surface area contributed by atoms with E-state index in [1.54, 1.807) is 18.3 Å². The van der Waals surface area contributed by atoms with Gasteiger partial charge in [-0.1, -0.05) is 171 Å². The second kappa shape index (κ2) is 17.3. The normalized spacial score (nSPS) is 12.9. The topological polar surface area (TPSA) is 50.9 Å². The van der Waals surface area contributed by atoms with Crippen LogP contribution in [0.15, 0.2) is 134 Å². The van der Waals surface area contributed by atoms with Crippen molar-refractivity contribution in [1.82, 2.24) is 14.5 Å². The SMILES string of the molecule is [2H]C([2H])([2H])c1ccc(-c2ccnc(-c3[c-]c(-c4cccc5c4nc(-c4cc(C(C)C)cc(C(C)C)c4O)n5-c4cc(-c5ccccc5)cc(C(C)(C)C)c4)cc(C(C)(C)C)c3)c2)cc1.[Pt]. The van der Waals surface area contributed by atoms with Crippen molar-refractivity contribution in [3.63, 3.8) is 0 Å². The molecule has 0 saturated heterocycles. The van der Waals surface area contributed by atoms with Crippen LogP contribution in [0, 0.1) is 12.9 Å². The van der Waals surface area contributed by atoms with Gasteiger partial charge in [-0.05, 0) is 98.8 Å². The minimum atomic E-state index is -2.17. The van der Waals surface area contributed by atoms with Crippen molar-refractivity contribution in [3.8, 4) is 67.5 Å². The number of aromatic nitrogens is 3. The van der Waals surface area contributed by atoms with Crippen molar-refractivity contribution in [2.75, 3.05) is 0 Å². The molecule has 0 radical (unpaired) electrons. The van der Waals surface area contributed by atoms with E-state index in [1.807, 2.05) is 30.3 Å². The van der Waals surface area contributed by atoms with E-state index in [1.165, 1.54) is 5.56 Å². The molecule has 2 aromatic heterocycles. The van der Waals surface area contributed by atoms with Gasteiger partial charge in [0.05, 0.1) is 16.6 Å². The number of phenolic OH excluding ortho intramolecular Hbond substituents is 1. The minimum absolute atomic E-state index is 0. The molecule has 0 aliphatic carbocycles. The Balaban J connectivity index is 0.00000630. The number of nitrogens with zero attached hydrogens (tertiary/aromatic N) is 3. The number of fused-ring (bicyclic) bond motifs is 1. The zero-order chi connectivity index (χ0) is 45.9. The maximum atomic E-state index is 12.3. The minimum Gasteiger partial charge on any atom is -0.507 e. The number of phenols is 1. The smallest absolute Gasteiger partial charge is 0.148 e. The second-order valence-electron chi connectivity index (χ2n) is 19.1. The third-order valence-corrected chi connectivity index (χ3v) is 11.8. The average Bonchev–Trinajstić information content (AvgIpc) is 3.65. The third kappa shape index (κ3) is 8.86. The summed E-state index contributed by atoms with van der Waals surface area (Å²) in [4.78, 5) is 10.4. The van der Waals surface area contributed by atoms with Gasteiger partial charge in [-0.3, -0.25) is 9.55 Å². The van der Waals surface area contributed by atoms with Gasteiger partial charge in [-0.2, -0.15) is 0 Å². The molecule has 0 aliphatic heterocycles. The first-order chi connectivity index (χ1) is 30.2. The molecule has 0 amide bonds. The molecule has 0 atom stereocenters. The quantitative estimate of drug-likeness (QED) is 0.154. The summed E-state index contributed by atoms with van der Waals surface area (Å²) in [6, 6.07) is 47.1. The van der Waals surface area contributed by atoms with E-state index in [2.05, 4.69) is 165 Å². The van der Waals surface area contributed by atoms with E-state index in [4.69, 9.17) is 14.1 Å². The monoisotopic (exact) mass is 998 g/mol. The summed E-state index contributed by atoms with van der Waals surface area (Å²) in [6.07, 6.45) is 1.80. The fourth-order valence-electron chi connectivity index (χ4n) is 8.06. The Morgan fingerprint density at radius 2 is 1.31 bits per heavy atom. The van der Waals surface area contributed by atoms with Gasteiger partial charge in [0.2, 0.25) is 0 Å². The standard InChI is InChI=1S/C57H58N3O.Pt/c1-35(2)41-31-49(36(3)4)54(61)50(32-41)55-59-53-48(18-15-19-52(53)60(55)47-30-42(38-16-13-12-14-17-38)27-46(34-47)57(9,10)11)43-26-44(29-45(28-43)56(6,7)8)51-33-40(24-25-58-51)39-22-20-37(5)21-23-39;/h12-25,27-36,61H,1-11H3;/q-1;/i5D3;. The molecule has 1 N–H and O–H groups in total. The molecule has 8 aromatic rings. The van der Waals surface area contributed by atoms with Crippen LogP contribution in [0.2, 0.25) is 0 Å². The van der Waals surface area contributed by atoms with Crippen LogP contribution in [0.5, 0.6) is 5.75 Å². The van der Waals surface area contributed by atoms with E-state index in [0.717, 1.165) is 78.0 Å². The summed E-state index contributed by atoms with van der Waals surface area (Å²) < 4.78 is 25.7. The Hall–Kier alpha value is -5.57. The van der Waals surface area contributed by atoms with E-state index in [-0.39, 0.29) is 49.5 Å². The molecule has 4 nitrogen and oxygen atoms in total. The zero-order valence-electron chi connectivity index (χ0n) is 40.5. The Bertz CT molecular complexity index is 3010. The fraction of sp³-hybridized carbons (Fsp3) is 0.263. The van der Waals surface area contributed by atoms with Gasteiger partial charge >= 0.3 is 0 Å². The number of para-hydroxylation sites is 1. The molecule has 0 unspecified atom stereocenters. The van der Waals surface area contributed by atoms with Gasteiger partial charge in [-0.25, -0.2) is 4.98 Å². The summed E-state index contributed by atoms with van der Waals surface area (Å²) in [5.74, 6) is 1.23. The van der Waals surface area contributed by atoms with Crippen molar-refractivity contribution in [3.05, 3.63) is 167 Å². The third-order valence-electron chi connectivity index (χ3n) is 11.8. The van der Waals surface area contributed by atoms with Crippen LogP contribution in [0.1, 0.15) is 113 Å². The maximum Gasteiger partial charge on any atom is 0.148 e. The van der Waals surface area contributed by atoms with E-state index < -0.39 is 6.85 Å². The van der Waals surface area contributed by atoms with Crippen molar-refractivity contribution >= 4 is 11.0 Å². The predicted molar refractivity (Wildman–Crippen MR) is 257 cm³/mol. The summed E-state index contributed by atoms with van der Waals surface area (Å²) in [6.45, 7) is 19.8. The maximum absolute atomic E-state index is 12.3. The molecule has 2 heterocycles. The Morgan fingerprint density at radius 1 is 0.629 bits per heavy atom. The van der Waals surface area contributed by atoms with Crippen LogP contribution < -0.4 is 0 Å². The molecule has 0 aliphatic rings. The predicted octanol–water partition coefficient (Wildman–Crippen LogP) is 15.4. The molecular weight excluding hydrogens is 938 g/mol. The van der Waals surface area contributed by atoms with E-state index in [0.29, 0.717) is 17.0 Å². The van der Waals surface area contributed by atoms with Gasteiger partial charge < -0.3 is 5.11 Å². The van der Waals surface area contributed by atoms with Gasteiger partial charge in [0, 0.05) is 42.8 Å². The average molecular weight is 999 g/mol. The van der Waals surface area contributed by atoms with Crippen molar-refractivity contribution in [1.29, 1.82) is 0 Å². The summed E-state index contributed by atoms with van der Waals surface area (Å²) in [7, 11) is 0. The molecule has 62 heavy (non-hydrogen) atoms. The molecular formula is C57H58N3OPt-. The largest absolute Gasteiger partial charge is 0.507 e. The number of hydrogen-bond acceptors (Lipinski definition) is 3. The summed E-state index contributed by atoms with van der Waals surface area (Å²) in [5.41, 5.74) is 15.1. The molecule has 0 spiro atoms. The number of hydrogen-bond donors (Lipinski definition) is 1. The number of aryl methyl sites for hydroxylation is 1. The Labute approximate surface area is 387 Å². The number of aromatic hydroxyl groups is 1. The number of pyridine rings is 1. The second-order valence-corrected chi connectivity index (χ2v) is 19.1.